The molecule has 152 valence electrons. The molecule has 28 heavy (non-hydrogen) atoms. The zero-order valence-electron chi connectivity index (χ0n) is 16.6. The number of aliphatic imine (C=N–C) groups is 1. The van der Waals surface area contributed by atoms with Crippen LogP contribution in [0.1, 0.15) is 23.6 Å². The number of benzene rings is 2. The minimum atomic E-state index is -0.217. The Morgan fingerprint density at radius 3 is 2.71 bits per heavy atom. The van der Waals surface area contributed by atoms with Gasteiger partial charge in [0.1, 0.15) is 5.82 Å². The van der Waals surface area contributed by atoms with Gasteiger partial charge in [-0.05, 0) is 60.6 Å². The molecule has 2 aromatic carbocycles. The average molecular weight is 406 g/mol. The third kappa shape index (κ3) is 6.64. The molecule has 3 N–H and O–H groups in total. The molecule has 0 spiro atoms. The van der Waals surface area contributed by atoms with Crippen LogP contribution >= 0.6 is 11.8 Å². The number of ether oxygens (including phenoxy) is 1. The standard InChI is InChI=1S/C21H28FN3O2S/c1-4-23-21(24-10-9-15-5-8-19(26)20(11-15)27-2)25-13-16-6-7-18(22)12-17(16)14-28-3/h5-8,11-12,26H,4,9-10,13-14H2,1-3H3,(H2,23,24,25). The second-order valence-corrected chi connectivity index (χ2v) is 7.09. The number of nitrogens with zero attached hydrogens (tertiary/aromatic N) is 1. The lowest BCUT2D eigenvalue weighted by atomic mass is 10.1. The van der Waals surface area contributed by atoms with Crippen LogP contribution in [-0.2, 0) is 18.7 Å². The van der Waals surface area contributed by atoms with Gasteiger partial charge in [0.25, 0.3) is 0 Å². The van der Waals surface area contributed by atoms with Crippen molar-refractivity contribution in [2.24, 2.45) is 4.99 Å². The molecule has 2 aromatic rings. The molecule has 0 bridgehead atoms. The second-order valence-electron chi connectivity index (χ2n) is 6.22. The minimum absolute atomic E-state index is 0.134. The van der Waals surface area contributed by atoms with Crippen molar-refractivity contribution >= 4 is 17.7 Å². The van der Waals surface area contributed by atoms with Gasteiger partial charge >= 0.3 is 0 Å². The van der Waals surface area contributed by atoms with Crippen LogP contribution in [0.5, 0.6) is 11.5 Å². The summed E-state index contributed by atoms with van der Waals surface area (Å²) >= 11 is 1.66. The predicted molar refractivity (Wildman–Crippen MR) is 115 cm³/mol. The molecule has 0 fully saturated rings. The van der Waals surface area contributed by atoms with Gasteiger partial charge in [0, 0.05) is 18.8 Å². The number of methoxy groups -OCH3 is 1. The SMILES string of the molecule is CCNC(=NCc1ccc(F)cc1CSC)NCCc1ccc(O)c(OC)c1. The first kappa shape index (κ1) is 21.9. The molecule has 0 heterocycles. The largest absolute Gasteiger partial charge is 0.504 e. The summed E-state index contributed by atoms with van der Waals surface area (Å²) in [6, 6.07) is 10.2. The van der Waals surface area contributed by atoms with Gasteiger partial charge in [-0.15, -0.1) is 0 Å². The van der Waals surface area contributed by atoms with Crippen LogP contribution in [0.4, 0.5) is 4.39 Å². The number of hydrogen-bond donors (Lipinski definition) is 3. The number of phenols is 1. The Morgan fingerprint density at radius 1 is 1.18 bits per heavy atom. The van der Waals surface area contributed by atoms with Gasteiger partial charge < -0.3 is 20.5 Å². The van der Waals surface area contributed by atoms with Crippen molar-refractivity contribution in [1.29, 1.82) is 0 Å². The van der Waals surface area contributed by atoms with E-state index in [2.05, 4.69) is 15.6 Å². The zero-order chi connectivity index (χ0) is 20.4. The fourth-order valence-electron chi connectivity index (χ4n) is 2.75. The molecule has 0 aliphatic heterocycles. The topological polar surface area (TPSA) is 65.9 Å². The van der Waals surface area contributed by atoms with E-state index in [4.69, 9.17) is 4.74 Å². The summed E-state index contributed by atoms with van der Waals surface area (Å²) in [6.45, 7) is 3.93. The molecular weight excluding hydrogens is 377 g/mol. The molecule has 0 aromatic heterocycles. The van der Waals surface area contributed by atoms with E-state index >= 15 is 0 Å². The van der Waals surface area contributed by atoms with Gasteiger partial charge in [0.15, 0.2) is 17.5 Å². The van der Waals surface area contributed by atoms with E-state index in [1.807, 2.05) is 25.3 Å². The summed E-state index contributed by atoms with van der Waals surface area (Å²) in [7, 11) is 1.54. The predicted octanol–water partition coefficient (Wildman–Crippen LogP) is 3.70. The summed E-state index contributed by atoms with van der Waals surface area (Å²) < 4.78 is 18.6. The molecule has 0 unspecified atom stereocenters. The Labute approximate surface area is 170 Å². The lowest BCUT2D eigenvalue weighted by molar-refractivity contribution is 0.373. The van der Waals surface area contributed by atoms with Gasteiger partial charge in [0.2, 0.25) is 0 Å². The second kappa shape index (κ2) is 11.4. The number of halogens is 1. The van der Waals surface area contributed by atoms with Crippen LogP contribution in [0.15, 0.2) is 41.4 Å². The molecule has 0 amide bonds. The maximum absolute atomic E-state index is 13.5. The Kier molecular flexibility index (Phi) is 8.94. The number of aromatic hydroxyl groups is 1. The molecule has 5 nitrogen and oxygen atoms in total. The lowest BCUT2D eigenvalue weighted by Crippen LogP contribution is -2.38. The van der Waals surface area contributed by atoms with Crippen LogP contribution in [-0.4, -0.2) is 37.5 Å². The van der Waals surface area contributed by atoms with Gasteiger partial charge in [-0.3, -0.25) is 0 Å². The zero-order valence-corrected chi connectivity index (χ0v) is 17.4. The highest BCUT2D eigenvalue weighted by Crippen LogP contribution is 2.26. The molecule has 0 saturated carbocycles. The summed E-state index contributed by atoms with van der Waals surface area (Å²) in [4.78, 5) is 4.63. The first-order chi connectivity index (χ1) is 13.6. The molecule has 0 radical (unpaired) electrons. The van der Waals surface area contributed by atoms with E-state index in [0.717, 1.165) is 35.4 Å². The van der Waals surface area contributed by atoms with E-state index in [1.165, 1.54) is 13.2 Å². The number of phenolic OH excluding ortho intramolecular Hbond substituents is 1. The van der Waals surface area contributed by atoms with E-state index in [0.29, 0.717) is 24.8 Å². The first-order valence-corrected chi connectivity index (χ1v) is 10.6. The van der Waals surface area contributed by atoms with Crippen molar-refractivity contribution in [1.82, 2.24) is 10.6 Å². The van der Waals surface area contributed by atoms with Crippen molar-refractivity contribution in [2.75, 3.05) is 26.5 Å². The van der Waals surface area contributed by atoms with Gasteiger partial charge in [-0.2, -0.15) is 11.8 Å². The van der Waals surface area contributed by atoms with Crippen molar-refractivity contribution in [2.45, 2.75) is 25.6 Å². The van der Waals surface area contributed by atoms with Gasteiger partial charge in [0.05, 0.1) is 13.7 Å². The summed E-state index contributed by atoms with van der Waals surface area (Å²) in [5.74, 6) is 1.86. The Bertz CT molecular complexity index is 799. The number of rotatable bonds is 9. The number of hydrogen-bond acceptors (Lipinski definition) is 4. The molecule has 2 rings (SSSR count). The van der Waals surface area contributed by atoms with E-state index in [9.17, 15) is 9.50 Å². The van der Waals surface area contributed by atoms with Gasteiger partial charge in [-0.1, -0.05) is 12.1 Å². The lowest BCUT2D eigenvalue weighted by Gasteiger charge is -2.13. The van der Waals surface area contributed by atoms with E-state index in [1.54, 1.807) is 30.0 Å². The van der Waals surface area contributed by atoms with Crippen molar-refractivity contribution in [3.05, 3.63) is 58.9 Å². The third-order valence-electron chi connectivity index (χ3n) is 4.17. The molecule has 0 saturated heterocycles. The first-order valence-electron chi connectivity index (χ1n) is 9.21. The minimum Gasteiger partial charge on any atom is -0.504 e. The fraction of sp³-hybridized carbons (Fsp3) is 0.381. The van der Waals surface area contributed by atoms with Crippen LogP contribution < -0.4 is 15.4 Å². The van der Waals surface area contributed by atoms with E-state index in [-0.39, 0.29) is 11.6 Å². The maximum Gasteiger partial charge on any atom is 0.191 e. The third-order valence-corrected chi connectivity index (χ3v) is 4.77. The smallest absolute Gasteiger partial charge is 0.191 e. The quantitative estimate of drug-likeness (QED) is 0.439. The highest BCUT2D eigenvalue weighted by Gasteiger charge is 2.06. The Morgan fingerprint density at radius 2 is 2.00 bits per heavy atom. The molecule has 7 heteroatoms. The van der Waals surface area contributed by atoms with Crippen LogP contribution in [0, 0.1) is 5.82 Å². The molecule has 0 aliphatic carbocycles. The highest BCUT2D eigenvalue weighted by molar-refractivity contribution is 7.97. The van der Waals surface area contributed by atoms with Crippen LogP contribution in [0.3, 0.4) is 0 Å². The Balaban J connectivity index is 1.99. The average Bonchev–Trinajstić information content (AvgIpc) is 2.68. The van der Waals surface area contributed by atoms with Crippen molar-refractivity contribution in [3.8, 4) is 11.5 Å². The monoisotopic (exact) mass is 405 g/mol. The van der Waals surface area contributed by atoms with Crippen LogP contribution in [0.25, 0.3) is 0 Å². The number of thioether (sulfide) groups is 1. The molecule has 0 atom stereocenters. The maximum atomic E-state index is 13.5. The van der Waals surface area contributed by atoms with Crippen LogP contribution in [0.2, 0.25) is 0 Å². The molecule has 0 aliphatic rings. The number of guanidine groups is 1. The van der Waals surface area contributed by atoms with Crippen molar-refractivity contribution in [3.63, 3.8) is 0 Å². The summed E-state index contributed by atoms with van der Waals surface area (Å²) in [6.07, 6.45) is 2.76. The van der Waals surface area contributed by atoms with E-state index < -0.39 is 0 Å². The Hall–Kier alpha value is -2.41. The van der Waals surface area contributed by atoms with Crippen molar-refractivity contribution < 1.29 is 14.2 Å². The molecular formula is C21H28FN3O2S. The van der Waals surface area contributed by atoms with Gasteiger partial charge in [-0.25, -0.2) is 9.38 Å². The highest BCUT2D eigenvalue weighted by atomic mass is 32.2. The normalized spacial score (nSPS) is 11.4. The summed E-state index contributed by atoms with van der Waals surface area (Å²) in [5.41, 5.74) is 3.05. The summed E-state index contributed by atoms with van der Waals surface area (Å²) in [5, 5.41) is 16.2. The fourth-order valence-corrected chi connectivity index (χ4v) is 3.33. The number of nitrogens with one attached hydrogen (secondary N) is 2.